The molecule has 4 aliphatic heterocycles. The van der Waals surface area contributed by atoms with Crippen molar-refractivity contribution in [1.29, 1.82) is 0 Å². The van der Waals surface area contributed by atoms with Crippen LogP contribution in [0.4, 0.5) is 0 Å². The zero-order chi connectivity index (χ0) is 67.5. The van der Waals surface area contributed by atoms with E-state index in [2.05, 4.69) is 41.6 Å². The van der Waals surface area contributed by atoms with Crippen LogP contribution in [0.5, 0.6) is 0 Å². The Balaban J connectivity index is 1.03. The molecule has 2 aromatic rings. The summed E-state index contributed by atoms with van der Waals surface area (Å²) in [5.74, 6) is -8.39. The summed E-state index contributed by atoms with van der Waals surface area (Å²) in [6.07, 6.45) is 3.34. The predicted molar refractivity (Wildman–Crippen MR) is 340 cm³/mol. The van der Waals surface area contributed by atoms with E-state index in [4.69, 9.17) is 40.1 Å². The molecule has 0 spiro atoms. The van der Waals surface area contributed by atoms with Gasteiger partial charge in [-0.25, -0.2) is 4.79 Å². The molecule has 1 aliphatic carbocycles. The van der Waals surface area contributed by atoms with Crippen LogP contribution in [-0.2, 0) is 67.3 Å². The maximum Gasteiger partial charge on any atom is 0.326 e. The fourth-order valence-electron chi connectivity index (χ4n) is 13.1. The molecule has 1 saturated carbocycles. The summed E-state index contributed by atoms with van der Waals surface area (Å²) in [7, 11) is 0. The van der Waals surface area contributed by atoms with Crippen molar-refractivity contribution in [3.63, 3.8) is 0 Å². The second-order valence-electron chi connectivity index (χ2n) is 24.3. The molecule has 93 heavy (non-hydrogen) atoms. The highest BCUT2D eigenvalue weighted by atomic mass is 16.4. The van der Waals surface area contributed by atoms with Gasteiger partial charge in [0, 0.05) is 64.6 Å². The normalized spacial score (nSPS) is 22.2. The van der Waals surface area contributed by atoms with Gasteiger partial charge in [-0.15, -0.1) is 0 Å². The number of hydrogen-bond acceptors (Lipinski definition) is 16. The third kappa shape index (κ3) is 19.4. The first-order chi connectivity index (χ1) is 44.4. The van der Waals surface area contributed by atoms with Gasteiger partial charge in [0.05, 0.1) is 25.3 Å². The number of carboxylic acid groups (broad SMARTS) is 1. The van der Waals surface area contributed by atoms with Crippen LogP contribution >= 0.6 is 0 Å². The number of β-amino-alcohol motifs (C(OH)–C–C–N with tert-alkyl or cyclic N) is 1. The smallest absolute Gasteiger partial charge is 0.326 e. The number of nitrogens with zero attached hydrogens (tertiary/aromatic N) is 7. The molecule has 0 unspecified atom stereocenters. The molecule has 0 aromatic heterocycles. The second kappa shape index (κ2) is 33.9. The molecule has 508 valence electrons. The molecule has 0 radical (unpaired) electrons. The van der Waals surface area contributed by atoms with Crippen LogP contribution in [0.25, 0.3) is 0 Å². The standard InChI is InChI=1S/C61H91N19O13/c62-39(17-8-22-69-59(63)64)50(84)74-40(18-9-23-70-60(65)66)54(88)77-25-11-21-45(77)56(90)79-32-38(82)29-46(79)52(86)72-30-49(83)73-42(26-34-12-2-1-3-13-34)51(85)76-43(33-81)55(89)78-31-37-16-5-4-14-35(37)27-48(78)57(91)80-44-20-7-6-15-36(44)28-47(80)53(87)75-41(58(92)93)19-10-24-71-61(67)68/h1-5,12-14,16,36,38-48,81-82H,6-11,15,17-33,62H2,(H,72,86)(H,73,83)(H,74,84)(H,75,87)(H,76,85)(H,92,93)(H4,63,64,69)(H4,65,66,70)(H4,67,68,71)/t36-,38+,39+,40-,41-,42-,43-,44-,45-,46-,47-,48+/m0/s1. The Morgan fingerprint density at radius 2 is 1.18 bits per heavy atom. The monoisotopic (exact) mass is 1300 g/mol. The molecule has 4 heterocycles. The minimum Gasteiger partial charge on any atom is -0.480 e. The molecule has 22 N–H and O–H groups in total. The van der Waals surface area contributed by atoms with E-state index in [1.807, 2.05) is 6.07 Å². The molecule has 4 fully saturated rings. The fraction of sp³-hybridized carbons (Fsp3) is 0.590. The average molecular weight is 1300 g/mol. The number of rotatable bonds is 30. The number of aliphatic hydroxyl groups is 2. The number of fused-ring (bicyclic) bond motifs is 2. The quantitative estimate of drug-likeness (QED) is 0.0198. The van der Waals surface area contributed by atoms with Crippen molar-refractivity contribution in [3.8, 4) is 0 Å². The van der Waals surface area contributed by atoms with Crippen molar-refractivity contribution in [2.75, 3.05) is 45.9 Å². The summed E-state index contributed by atoms with van der Waals surface area (Å²) < 4.78 is 0. The number of carbonyl (C=O) groups excluding carboxylic acids is 9. The van der Waals surface area contributed by atoms with E-state index in [1.165, 1.54) is 14.7 Å². The highest BCUT2D eigenvalue weighted by molar-refractivity contribution is 5.99. The fourth-order valence-corrected chi connectivity index (χ4v) is 13.1. The van der Waals surface area contributed by atoms with Crippen LogP contribution in [0.2, 0.25) is 0 Å². The van der Waals surface area contributed by atoms with E-state index < -0.39 is 139 Å². The summed E-state index contributed by atoms with van der Waals surface area (Å²) in [5.41, 5.74) is 40.9. The zero-order valence-corrected chi connectivity index (χ0v) is 52.2. The van der Waals surface area contributed by atoms with Gasteiger partial charge in [0.15, 0.2) is 17.9 Å². The number of carboxylic acids is 1. The predicted octanol–water partition coefficient (Wildman–Crippen LogP) is -5.08. The number of carbonyl (C=O) groups is 10. The largest absolute Gasteiger partial charge is 0.480 e. The van der Waals surface area contributed by atoms with Gasteiger partial charge < -0.3 is 102 Å². The van der Waals surface area contributed by atoms with Gasteiger partial charge in [0.1, 0.15) is 48.3 Å². The maximum absolute atomic E-state index is 15.4. The van der Waals surface area contributed by atoms with Crippen molar-refractivity contribution < 1.29 is 63.3 Å². The van der Waals surface area contributed by atoms with Gasteiger partial charge >= 0.3 is 5.97 Å². The maximum atomic E-state index is 15.4. The molecule has 2 aromatic carbocycles. The number of nitrogens with one attached hydrogen (secondary N) is 5. The van der Waals surface area contributed by atoms with Crippen LogP contribution in [0.15, 0.2) is 69.6 Å². The molecular weight excluding hydrogens is 1210 g/mol. The van der Waals surface area contributed by atoms with Gasteiger partial charge in [-0.05, 0) is 93.2 Å². The van der Waals surface area contributed by atoms with E-state index in [0.29, 0.717) is 30.4 Å². The lowest BCUT2D eigenvalue weighted by Gasteiger charge is -2.42. The van der Waals surface area contributed by atoms with Crippen LogP contribution in [0, 0.1) is 5.92 Å². The number of hydrogen-bond donors (Lipinski definition) is 15. The Labute approximate surface area is 538 Å². The summed E-state index contributed by atoms with van der Waals surface area (Å²) in [6.45, 7) is -1.49. The highest BCUT2D eigenvalue weighted by Gasteiger charge is 2.52. The van der Waals surface area contributed by atoms with Crippen molar-refractivity contribution in [3.05, 3.63) is 71.3 Å². The number of benzene rings is 2. The number of aliphatic carboxylic acids is 1. The zero-order valence-electron chi connectivity index (χ0n) is 52.2. The van der Waals surface area contributed by atoms with Crippen molar-refractivity contribution >= 4 is 77.0 Å². The van der Waals surface area contributed by atoms with E-state index in [-0.39, 0.29) is 127 Å². The Kier molecular flexibility index (Phi) is 26.0. The average Bonchev–Trinajstić information content (AvgIpc) is 1.72. The Hall–Kier alpha value is -9.17. The lowest BCUT2D eigenvalue weighted by Crippen LogP contribution is -2.63. The molecule has 3 saturated heterocycles. The van der Waals surface area contributed by atoms with E-state index in [9.17, 15) is 53.7 Å². The molecular formula is C61H91N19O13. The molecule has 12 atom stereocenters. The van der Waals surface area contributed by atoms with Crippen LogP contribution in [0.1, 0.15) is 107 Å². The van der Waals surface area contributed by atoms with Crippen LogP contribution < -0.4 is 66.7 Å². The third-order valence-corrected chi connectivity index (χ3v) is 17.7. The summed E-state index contributed by atoms with van der Waals surface area (Å²) in [4.78, 5) is 159. The lowest BCUT2D eigenvalue weighted by atomic mass is 9.84. The van der Waals surface area contributed by atoms with Crippen LogP contribution in [0.3, 0.4) is 0 Å². The lowest BCUT2D eigenvalue weighted by molar-refractivity contribution is -0.153. The van der Waals surface area contributed by atoms with Gasteiger partial charge in [0.2, 0.25) is 53.2 Å². The molecule has 32 nitrogen and oxygen atoms in total. The molecule has 9 amide bonds. The minimum atomic E-state index is -1.68. The number of aliphatic hydroxyl groups excluding tert-OH is 2. The Morgan fingerprint density at radius 1 is 0.581 bits per heavy atom. The first kappa shape index (κ1) is 71.3. The topological polar surface area (TPSA) is 524 Å². The number of likely N-dealkylation sites (tertiary alicyclic amines) is 3. The summed E-state index contributed by atoms with van der Waals surface area (Å²) >= 11 is 0. The van der Waals surface area contributed by atoms with Crippen molar-refractivity contribution in [2.24, 2.45) is 61.0 Å². The Bertz CT molecular complexity index is 3090. The second-order valence-corrected chi connectivity index (χ2v) is 24.3. The number of amides is 9. The number of nitrogens with two attached hydrogens (primary N) is 7. The summed E-state index contributed by atoms with van der Waals surface area (Å²) in [5, 5.41) is 45.1. The van der Waals surface area contributed by atoms with Gasteiger partial charge in [-0.3, -0.25) is 58.1 Å². The Morgan fingerprint density at radius 3 is 1.83 bits per heavy atom. The highest BCUT2D eigenvalue weighted by Crippen LogP contribution is 2.41. The van der Waals surface area contributed by atoms with Gasteiger partial charge in [-0.1, -0.05) is 67.4 Å². The molecule has 7 rings (SSSR count). The van der Waals surface area contributed by atoms with E-state index in [0.717, 1.165) is 29.7 Å². The van der Waals surface area contributed by atoms with Crippen molar-refractivity contribution in [2.45, 2.75) is 176 Å². The van der Waals surface area contributed by atoms with Gasteiger partial charge in [0.25, 0.3) is 0 Å². The van der Waals surface area contributed by atoms with Crippen molar-refractivity contribution in [1.82, 2.24) is 46.2 Å². The molecule has 0 bridgehead atoms. The number of guanidine groups is 3. The van der Waals surface area contributed by atoms with Crippen LogP contribution in [-0.4, -0.2) is 224 Å². The van der Waals surface area contributed by atoms with E-state index in [1.54, 1.807) is 48.5 Å². The van der Waals surface area contributed by atoms with E-state index >= 15 is 9.59 Å². The molecule has 5 aliphatic rings. The third-order valence-electron chi connectivity index (χ3n) is 17.7. The minimum absolute atomic E-state index is 0.00197. The summed E-state index contributed by atoms with van der Waals surface area (Å²) in [6, 6.07) is 3.96. The SMILES string of the molecule is NC(N)=NCCC[C@@H](N)C(=O)N[C@@H](CCCN=C(N)N)C(=O)N1CCC[C@H]1C(=O)N1C[C@H](O)C[C@H]1C(=O)NCC(=O)N[C@@H](Cc1ccccc1)C(=O)N[C@@H](CO)C(=O)N1Cc2ccccc2C[C@@H]1C(=O)N1[C@H](C(=O)N[C@@H](CCCN=C(N)N)C(=O)O)C[C@@H]2CCCC[C@@H]21. The van der Waals surface area contributed by atoms with Gasteiger partial charge in [-0.2, -0.15) is 0 Å². The first-order valence-electron chi connectivity index (χ1n) is 31.7. The molecule has 32 heteroatoms. The first-order valence-corrected chi connectivity index (χ1v) is 31.7. The number of aliphatic imine (C=N–C) groups is 3.